The Bertz CT molecular complexity index is 749. The van der Waals surface area contributed by atoms with Gasteiger partial charge in [-0.15, -0.1) is 0 Å². The average molecular weight is 316 g/mol. The normalized spacial score (nSPS) is 23.1. The number of aromatic nitrogens is 4. The lowest BCUT2D eigenvalue weighted by Gasteiger charge is -2.39. The first-order valence-electron chi connectivity index (χ1n) is 8.35. The van der Waals surface area contributed by atoms with E-state index in [-0.39, 0.29) is 5.56 Å². The number of aryl methyl sites for hydroxylation is 2. The van der Waals surface area contributed by atoms with E-state index in [0.717, 1.165) is 62.5 Å². The molecular weight excluding hydrogens is 292 g/mol. The van der Waals surface area contributed by atoms with E-state index in [2.05, 4.69) is 26.9 Å². The smallest absolute Gasteiger partial charge is 0.276 e. The van der Waals surface area contributed by atoms with E-state index < -0.39 is 0 Å². The van der Waals surface area contributed by atoms with Gasteiger partial charge in [0.05, 0.1) is 12.5 Å². The van der Waals surface area contributed by atoms with Crippen LogP contribution in [0, 0.1) is 0 Å². The van der Waals surface area contributed by atoms with Gasteiger partial charge in [0, 0.05) is 50.5 Å². The minimum atomic E-state index is 0.0856. The number of piperazine rings is 1. The van der Waals surface area contributed by atoms with Crippen molar-refractivity contribution in [2.75, 3.05) is 33.2 Å². The van der Waals surface area contributed by atoms with Gasteiger partial charge in [0.2, 0.25) is 0 Å². The summed E-state index contributed by atoms with van der Waals surface area (Å²) in [6, 6.07) is 0.500. The van der Waals surface area contributed by atoms with E-state index in [1.165, 1.54) is 0 Å². The summed E-state index contributed by atoms with van der Waals surface area (Å²) in [5, 5.41) is 3.29. The molecule has 1 saturated heterocycles. The highest BCUT2D eigenvalue weighted by atomic mass is 16.1. The van der Waals surface area contributed by atoms with E-state index in [4.69, 9.17) is 0 Å². The topological polar surface area (TPSA) is 62.1 Å². The van der Waals surface area contributed by atoms with Gasteiger partial charge in [0.25, 0.3) is 5.56 Å². The molecule has 3 heterocycles. The van der Waals surface area contributed by atoms with Crippen molar-refractivity contribution in [2.45, 2.75) is 25.3 Å². The van der Waals surface area contributed by atoms with Gasteiger partial charge in [0.1, 0.15) is 0 Å². The highest BCUT2D eigenvalue weighted by Crippen LogP contribution is 2.23. The van der Waals surface area contributed by atoms with Crippen molar-refractivity contribution >= 4 is 0 Å². The Hall–Kier alpha value is -1.86. The molecule has 4 rings (SSSR count). The van der Waals surface area contributed by atoms with Crippen LogP contribution >= 0.6 is 0 Å². The molecule has 1 unspecified atom stereocenters. The van der Waals surface area contributed by atoms with Crippen LogP contribution in [-0.4, -0.2) is 68.4 Å². The number of aromatic amines is 1. The number of nitrogens with zero attached hydrogens (tertiary/aromatic N) is 5. The minimum Gasteiger partial charge on any atom is -0.319 e. The lowest BCUT2D eigenvalue weighted by atomic mass is 9.92. The van der Waals surface area contributed by atoms with Gasteiger partial charge in [-0.3, -0.25) is 14.8 Å². The Morgan fingerprint density at radius 3 is 2.70 bits per heavy atom. The van der Waals surface area contributed by atoms with Crippen molar-refractivity contribution in [1.82, 2.24) is 29.1 Å². The Labute approximate surface area is 135 Å². The van der Waals surface area contributed by atoms with Crippen molar-refractivity contribution in [3.8, 4) is 5.82 Å². The summed E-state index contributed by atoms with van der Waals surface area (Å²) in [6.45, 7) is 4.46. The average Bonchev–Trinajstić information content (AvgIpc) is 3.11. The molecule has 2 aromatic rings. The molecule has 0 saturated carbocycles. The van der Waals surface area contributed by atoms with E-state index in [9.17, 15) is 4.79 Å². The molecule has 1 aliphatic carbocycles. The van der Waals surface area contributed by atoms with Gasteiger partial charge in [-0.2, -0.15) is 0 Å². The summed E-state index contributed by atoms with van der Waals surface area (Å²) in [7, 11) is 4.08. The number of hydrogen-bond donors (Lipinski definition) is 1. The van der Waals surface area contributed by atoms with Crippen LogP contribution in [0.25, 0.3) is 5.82 Å². The molecule has 0 amide bonds. The Morgan fingerprint density at radius 1 is 1.22 bits per heavy atom. The third-order valence-electron chi connectivity index (χ3n) is 5.31. The predicted octanol–water partition coefficient (Wildman–Crippen LogP) is 0.00380. The number of nitrogens with one attached hydrogen (secondary N) is 1. The lowest BCUT2D eigenvalue weighted by Crippen LogP contribution is -2.50. The first-order chi connectivity index (χ1) is 11.1. The summed E-state index contributed by atoms with van der Waals surface area (Å²) in [5.74, 6) is 0.792. The molecule has 0 spiro atoms. The number of likely N-dealkylation sites (N-methyl/N-ethyl adjacent to an activating group) is 1. The lowest BCUT2D eigenvalue weighted by molar-refractivity contribution is 0.103. The van der Waals surface area contributed by atoms with E-state index in [1.54, 1.807) is 17.2 Å². The van der Waals surface area contributed by atoms with Gasteiger partial charge < -0.3 is 9.47 Å². The van der Waals surface area contributed by atoms with Crippen molar-refractivity contribution in [3.05, 3.63) is 34.1 Å². The van der Waals surface area contributed by atoms with Gasteiger partial charge in [0.15, 0.2) is 5.82 Å². The minimum absolute atomic E-state index is 0.0856. The first-order valence-corrected chi connectivity index (χ1v) is 8.35. The Morgan fingerprint density at radius 2 is 2.00 bits per heavy atom. The molecule has 2 aromatic heterocycles. The number of H-pyrrole nitrogens is 1. The molecule has 2 aliphatic rings. The van der Waals surface area contributed by atoms with Gasteiger partial charge in [-0.1, -0.05) is 0 Å². The van der Waals surface area contributed by atoms with Crippen molar-refractivity contribution < 1.29 is 0 Å². The predicted molar refractivity (Wildman–Crippen MR) is 88.0 cm³/mol. The molecule has 0 bridgehead atoms. The summed E-state index contributed by atoms with van der Waals surface area (Å²) in [5.41, 5.74) is 2.14. The number of rotatable bonds is 2. The first kappa shape index (κ1) is 14.7. The van der Waals surface area contributed by atoms with Crippen LogP contribution in [0.3, 0.4) is 0 Å². The van der Waals surface area contributed by atoms with Crippen molar-refractivity contribution in [2.24, 2.45) is 7.05 Å². The van der Waals surface area contributed by atoms with Crippen LogP contribution < -0.4 is 5.56 Å². The Kier molecular flexibility index (Phi) is 3.61. The summed E-state index contributed by atoms with van der Waals surface area (Å²) >= 11 is 0. The van der Waals surface area contributed by atoms with Crippen molar-refractivity contribution in [1.29, 1.82) is 0 Å². The van der Waals surface area contributed by atoms with E-state index >= 15 is 0 Å². The maximum atomic E-state index is 12.8. The SMILES string of the molecule is CN1CCN(C2CCc3[nH]n(-c4cncn4C)c(=O)c3C2)CC1. The van der Waals surface area contributed by atoms with Crippen LogP contribution in [0.5, 0.6) is 0 Å². The fourth-order valence-corrected chi connectivity index (χ4v) is 3.81. The molecular formula is C16H24N6O. The third-order valence-corrected chi connectivity index (χ3v) is 5.31. The zero-order valence-electron chi connectivity index (χ0n) is 13.8. The van der Waals surface area contributed by atoms with Crippen LogP contribution in [0.1, 0.15) is 17.7 Å². The van der Waals surface area contributed by atoms with Crippen molar-refractivity contribution in [3.63, 3.8) is 0 Å². The molecule has 1 aliphatic heterocycles. The van der Waals surface area contributed by atoms with E-state index in [0.29, 0.717) is 6.04 Å². The monoisotopic (exact) mass is 316 g/mol. The number of imidazole rings is 1. The summed E-state index contributed by atoms with van der Waals surface area (Å²) in [4.78, 5) is 21.9. The highest BCUT2D eigenvalue weighted by Gasteiger charge is 2.30. The van der Waals surface area contributed by atoms with E-state index in [1.807, 2.05) is 11.6 Å². The quantitative estimate of drug-likeness (QED) is 0.847. The number of hydrogen-bond acceptors (Lipinski definition) is 4. The van der Waals surface area contributed by atoms with Crippen LogP contribution in [0.2, 0.25) is 0 Å². The zero-order valence-corrected chi connectivity index (χ0v) is 13.8. The van der Waals surface area contributed by atoms with Crippen LogP contribution in [0.15, 0.2) is 17.3 Å². The maximum Gasteiger partial charge on any atom is 0.276 e. The molecule has 0 radical (unpaired) electrons. The molecule has 0 aromatic carbocycles. The van der Waals surface area contributed by atoms with Gasteiger partial charge in [-0.25, -0.2) is 9.67 Å². The molecule has 124 valence electrons. The second kappa shape index (κ2) is 5.65. The molecule has 1 atom stereocenters. The molecule has 1 N–H and O–H groups in total. The fourth-order valence-electron chi connectivity index (χ4n) is 3.81. The van der Waals surface area contributed by atoms with Crippen LogP contribution in [-0.2, 0) is 19.9 Å². The largest absolute Gasteiger partial charge is 0.319 e. The molecule has 1 fully saturated rings. The zero-order chi connectivity index (χ0) is 16.0. The molecule has 7 heteroatoms. The highest BCUT2D eigenvalue weighted by molar-refractivity contribution is 5.28. The Balaban J connectivity index is 1.59. The third kappa shape index (κ3) is 2.53. The maximum absolute atomic E-state index is 12.8. The van der Waals surface area contributed by atoms with Crippen LogP contribution in [0.4, 0.5) is 0 Å². The summed E-state index contributed by atoms with van der Waals surface area (Å²) < 4.78 is 3.51. The molecule has 23 heavy (non-hydrogen) atoms. The molecule has 7 nitrogen and oxygen atoms in total. The standard InChI is InChI=1S/C16H24N6O/c1-19-5-7-21(8-6-19)12-3-4-14-13(9-12)16(23)22(18-14)15-10-17-11-20(15)2/h10-12,18H,3-9H2,1-2H3. The van der Waals surface area contributed by atoms with Gasteiger partial charge >= 0.3 is 0 Å². The second-order valence-corrected chi connectivity index (χ2v) is 6.81. The number of fused-ring (bicyclic) bond motifs is 1. The fraction of sp³-hybridized carbons (Fsp3) is 0.625. The summed E-state index contributed by atoms with van der Waals surface area (Å²) in [6.07, 6.45) is 6.38. The second-order valence-electron chi connectivity index (χ2n) is 6.81. The van der Waals surface area contributed by atoms with Gasteiger partial charge in [-0.05, 0) is 26.3 Å².